The summed E-state index contributed by atoms with van der Waals surface area (Å²) < 4.78 is 6.88. The van der Waals surface area contributed by atoms with Crippen LogP contribution in [0, 0.1) is 0 Å². The highest BCUT2D eigenvalue weighted by Gasteiger charge is 2.27. The maximum Gasteiger partial charge on any atom is 0.273 e. The molecule has 1 saturated heterocycles. The summed E-state index contributed by atoms with van der Waals surface area (Å²) in [5, 5.41) is 3.18. The van der Waals surface area contributed by atoms with Crippen LogP contribution in [0.15, 0.2) is 58.4 Å². The van der Waals surface area contributed by atoms with Crippen LogP contribution < -0.4 is 0 Å². The molecule has 0 spiro atoms. The minimum Gasteiger partial charge on any atom is -0.370 e. The van der Waals surface area contributed by atoms with Gasteiger partial charge in [-0.05, 0) is 23.8 Å². The van der Waals surface area contributed by atoms with Crippen molar-refractivity contribution in [1.82, 2.24) is 9.88 Å². The zero-order valence-electron chi connectivity index (χ0n) is 14.3. The molecular weight excluding hydrogens is 448 g/mol. The van der Waals surface area contributed by atoms with Gasteiger partial charge in [-0.3, -0.25) is 4.79 Å². The van der Waals surface area contributed by atoms with Gasteiger partial charge in [0.25, 0.3) is 5.91 Å². The van der Waals surface area contributed by atoms with Gasteiger partial charge in [-0.2, -0.15) is 0 Å². The third-order valence-corrected chi connectivity index (χ3v) is 6.16. The van der Waals surface area contributed by atoms with Crippen molar-refractivity contribution < 1.29 is 9.53 Å². The van der Waals surface area contributed by atoms with E-state index in [9.17, 15) is 4.79 Å². The summed E-state index contributed by atoms with van der Waals surface area (Å²) in [7, 11) is 0. The second kappa shape index (κ2) is 8.10. The largest absolute Gasteiger partial charge is 0.370 e. The second-order valence-electron chi connectivity index (χ2n) is 6.18. The van der Waals surface area contributed by atoms with Crippen LogP contribution in [-0.2, 0) is 4.74 Å². The first kappa shape index (κ1) is 18.6. The van der Waals surface area contributed by atoms with Crippen molar-refractivity contribution in [3.8, 4) is 10.6 Å². The lowest BCUT2D eigenvalue weighted by atomic mass is 10.1. The number of carbonyl (C=O) groups excluding carboxylic acids is 1. The Bertz CT molecular complexity index is 961. The van der Waals surface area contributed by atoms with Crippen molar-refractivity contribution >= 4 is 44.8 Å². The molecule has 1 aromatic heterocycles. The number of hydrogen-bond donors (Lipinski definition) is 0. The SMILES string of the molecule is O=C(c1csc(-c2ccccc2Cl)n1)N1CCOC(c2ccc(Br)cc2)C1. The first-order chi connectivity index (χ1) is 13.1. The van der Waals surface area contributed by atoms with Crippen LogP contribution in [0.25, 0.3) is 10.6 Å². The van der Waals surface area contributed by atoms with Crippen LogP contribution in [0.1, 0.15) is 22.2 Å². The van der Waals surface area contributed by atoms with Gasteiger partial charge in [-0.1, -0.05) is 57.9 Å². The molecule has 2 aromatic carbocycles. The standard InChI is InChI=1S/C20H16BrClN2O2S/c21-14-7-5-13(6-8-14)18-11-24(9-10-26-18)20(25)17-12-27-19(23-17)15-3-1-2-4-16(15)22/h1-8,12,18H,9-11H2. The first-order valence-electron chi connectivity index (χ1n) is 8.48. The summed E-state index contributed by atoms with van der Waals surface area (Å²) in [4.78, 5) is 19.3. The Labute approximate surface area is 174 Å². The Morgan fingerprint density at radius 3 is 2.78 bits per heavy atom. The molecule has 7 heteroatoms. The monoisotopic (exact) mass is 462 g/mol. The summed E-state index contributed by atoms with van der Waals surface area (Å²) in [5.41, 5.74) is 2.36. The Balaban J connectivity index is 1.51. The molecule has 1 unspecified atom stereocenters. The van der Waals surface area contributed by atoms with E-state index in [2.05, 4.69) is 20.9 Å². The summed E-state index contributed by atoms with van der Waals surface area (Å²) >= 11 is 11.1. The first-order valence-corrected chi connectivity index (χ1v) is 10.5. The van der Waals surface area contributed by atoms with Crippen molar-refractivity contribution in [3.05, 3.63) is 74.7 Å². The molecule has 0 saturated carbocycles. The molecule has 0 N–H and O–H groups in total. The van der Waals surface area contributed by atoms with Crippen molar-refractivity contribution in [2.75, 3.05) is 19.7 Å². The van der Waals surface area contributed by atoms with Gasteiger partial charge in [0.05, 0.1) is 18.2 Å². The molecular formula is C20H16BrClN2O2S. The van der Waals surface area contributed by atoms with Crippen molar-refractivity contribution in [2.24, 2.45) is 0 Å². The zero-order valence-corrected chi connectivity index (χ0v) is 17.4. The number of carbonyl (C=O) groups is 1. The van der Waals surface area contributed by atoms with Crippen molar-refractivity contribution in [3.63, 3.8) is 0 Å². The molecule has 4 rings (SSSR count). The van der Waals surface area contributed by atoms with Gasteiger partial charge in [0.1, 0.15) is 16.8 Å². The highest BCUT2D eigenvalue weighted by Crippen LogP contribution is 2.31. The van der Waals surface area contributed by atoms with Crippen molar-refractivity contribution in [1.29, 1.82) is 0 Å². The van der Waals surface area contributed by atoms with E-state index < -0.39 is 0 Å². The molecule has 1 atom stereocenters. The fraction of sp³-hybridized carbons (Fsp3) is 0.200. The van der Waals surface area contributed by atoms with Crippen LogP contribution in [0.5, 0.6) is 0 Å². The molecule has 1 aliphatic rings. The molecule has 1 fully saturated rings. The minimum atomic E-state index is -0.127. The van der Waals surface area contributed by atoms with Gasteiger partial charge in [-0.25, -0.2) is 4.98 Å². The van der Waals surface area contributed by atoms with E-state index in [-0.39, 0.29) is 12.0 Å². The fourth-order valence-corrected chi connectivity index (χ4v) is 4.38. The predicted octanol–water partition coefficient (Wildman–Crippen LogP) is 5.44. The Kier molecular flexibility index (Phi) is 5.59. The highest BCUT2D eigenvalue weighted by atomic mass is 79.9. The Hall–Kier alpha value is -1.73. The molecule has 27 heavy (non-hydrogen) atoms. The van der Waals surface area contributed by atoms with Crippen LogP contribution in [0.2, 0.25) is 5.02 Å². The van der Waals surface area contributed by atoms with Gasteiger partial charge < -0.3 is 9.64 Å². The fourth-order valence-electron chi connectivity index (χ4n) is 3.01. The maximum atomic E-state index is 12.9. The van der Waals surface area contributed by atoms with Gasteiger partial charge >= 0.3 is 0 Å². The third-order valence-electron chi connectivity index (χ3n) is 4.42. The lowest BCUT2D eigenvalue weighted by molar-refractivity contribution is -0.0229. The van der Waals surface area contributed by atoms with Gasteiger partial charge in [0.15, 0.2) is 0 Å². The van der Waals surface area contributed by atoms with Crippen LogP contribution in [-0.4, -0.2) is 35.5 Å². The molecule has 0 radical (unpaired) electrons. The second-order valence-corrected chi connectivity index (χ2v) is 8.36. The number of aromatic nitrogens is 1. The van der Waals surface area contributed by atoms with Crippen LogP contribution in [0.4, 0.5) is 0 Å². The van der Waals surface area contributed by atoms with E-state index in [1.54, 1.807) is 5.38 Å². The summed E-state index contributed by atoms with van der Waals surface area (Å²) in [6, 6.07) is 15.5. The molecule has 0 bridgehead atoms. The van der Waals surface area contributed by atoms with E-state index >= 15 is 0 Å². The number of hydrogen-bond acceptors (Lipinski definition) is 4. The maximum absolute atomic E-state index is 12.9. The topological polar surface area (TPSA) is 42.4 Å². The average molecular weight is 464 g/mol. The number of halogens is 2. The molecule has 2 heterocycles. The molecule has 1 aliphatic heterocycles. The normalized spacial score (nSPS) is 17.1. The number of nitrogens with zero attached hydrogens (tertiary/aromatic N) is 2. The average Bonchev–Trinajstić information content (AvgIpc) is 3.18. The smallest absolute Gasteiger partial charge is 0.273 e. The van der Waals surface area contributed by atoms with Gasteiger partial charge in [0, 0.05) is 22.0 Å². The predicted molar refractivity (Wildman–Crippen MR) is 111 cm³/mol. The van der Waals surface area contributed by atoms with E-state index in [1.807, 2.05) is 53.4 Å². The van der Waals surface area contributed by atoms with E-state index in [1.165, 1.54) is 11.3 Å². The molecule has 0 aliphatic carbocycles. The molecule has 138 valence electrons. The third kappa shape index (κ3) is 4.09. The van der Waals surface area contributed by atoms with Gasteiger partial charge in [0.2, 0.25) is 0 Å². The molecule has 3 aromatic rings. The van der Waals surface area contributed by atoms with E-state index in [0.717, 1.165) is 20.6 Å². The number of benzene rings is 2. The minimum absolute atomic E-state index is 0.0741. The van der Waals surface area contributed by atoms with Crippen LogP contribution >= 0.6 is 38.9 Å². The van der Waals surface area contributed by atoms with Crippen molar-refractivity contribution in [2.45, 2.75) is 6.10 Å². The lowest BCUT2D eigenvalue weighted by Gasteiger charge is -2.32. The zero-order chi connectivity index (χ0) is 18.8. The molecule has 1 amide bonds. The number of thiazole rings is 1. The number of morpholine rings is 1. The number of ether oxygens (including phenoxy) is 1. The van der Waals surface area contributed by atoms with Crippen LogP contribution in [0.3, 0.4) is 0 Å². The van der Waals surface area contributed by atoms with E-state index in [4.69, 9.17) is 16.3 Å². The molecule has 4 nitrogen and oxygen atoms in total. The summed E-state index contributed by atoms with van der Waals surface area (Å²) in [6.45, 7) is 1.58. The lowest BCUT2D eigenvalue weighted by Crippen LogP contribution is -2.42. The highest BCUT2D eigenvalue weighted by molar-refractivity contribution is 9.10. The quantitative estimate of drug-likeness (QED) is 0.519. The summed E-state index contributed by atoms with van der Waals surface area (Å²) in [5.74, 6) is -0.0741. The van der Waals surface area contributed by atoms with E-state index in [0.29, 0.717) is 30.4 Å². The Morgan fingerprint density at radius 2 is 2.00 bits per heavy atom. The number of amides is 1. The summed E-state index contributed by atoms with van der Waals surface area (Å²) in [6.07, 6.45) is -0.127. The Morgan fingerprint density at radius 1 is 1.22 bits per heavy atom. The van der Waals surface area contributed by atoms with Gasteiger partial charge in [-0.15, -0.1) is 11.3 Å². The number of rotatable bonds is 3.